The lowest BCUT2D eigenvalue weighted by molar-refractivity contribution is -0.133. The quantitative estimate of drug-likeness (QED) is 0.866. The summed E-state index contributed by atoms with van der Waals surface area (Å²) in [5.41, 5.74) is 7.33. The van der Waals surface area contributed by atoms with Crippen LogP contribution in [-0.2, 0) is 9.59 Å². The largest absolute Gasteiger partial charge is 0.369 e. The molecule has 112 valence electrons. The van der Waals surface area contributed by atoms with Crippen LogP contribution >= 0.6 is 0 Å². The molecule has 2 N–H and O–H groups in total. The van der Waals surface area contributed by atoms with E-state index >= 15 is 0 Å². The number of allylic oxidation sites excluding steroid dienone is 1. The molecule has 0 aromatic heterocycles. The number of nitrogens with two attached hydrogens (primary N) is 1. The van der Waals surface area contributed by atoms with E-state index in [4.69, 9.17) is 5.73 Å². The minimum atomic E-state index is -0.316. The van der Waals surface area contributed by atoms with Crippen LogP contribution in [0.15, 0.2) is 36.4 Å². The molecule has 21 heavy (non-hydrogen) atoms. The highest BCUT2D eigenvalue weighted by molar-refractivity contribution is 5.95. The molecule has 4 nitrogen and oxygen atoms in total. The zero-order chi connectivity index (χ0) is 15.4. The molecule has 2 atom stereocenters. The van der Waals surface area contributed by atoms with Gasteiger partial charge < -0.3 is 10.6 Å². The molecule has 4 heteroatoms. The highest BCUT2D eigenvalue weighted by atomic mass is 16.2. The molecular formula is C17H22N2O2. The van der Waals surface area contributed by atoms with E-state index in [-0.39, 0.29) is 23.8 Å². The van der Waals surface area contributed by atoms with Crippen molar-refractivity contribution in [2.45, 2.75) is 32.7 Å². The lowest BCUT2D eigenvalue weighted by Crippen LogP contribution is -2.48. The maximum Gasteiger partial charge on any atom is 0.247 e. The number of primary amides is 1. The van der Waals surface area contributed by atoms with Crippen molar-refractivity contribution in [2.24, 2.45) is 11.7 Å². The van der Waals surface area contributed by atoms with Gasteiger partial charge in [0.1, 0.15) is 0 Å². The second-order valence-electron chi connectivity index (χ2n) is 5.71. The first-order valence-corrected chi connectivity index (χ1v) is 7.32. The first-order valence-electron chi connectivity index (χ1n) is 7.32. The molecule has 1 saturated heterocycles. The number of likely N-dealkylation sites (tertiary alicyclic amines) is 1. The molecular weight excluding hydrogens is 264 g/mol. The number of carbonyl (C=O) groups is 2. The van der Waals surface area contributed by atoms with Crippen molar-refractivity contribution >= 4 is 17.4 Å². The highest BCUT2D eigenvalue weighted by Gasteiger charge is 2.30. The van der Waals surface area contributed by atoms with Crippen molar-refractivity contribution in [1.82, 2.24) is 4.90 Å². The summed E-state index contributed by atoms with van der Waals surface area (Å²) >= 11 is 0. The SMILES string of the molecule is C/C(=C\C(=O)N1C[C@H](C(N)=O)CC[C@@H]1C)c1ccccc1. The van der Waals surface area contributed by atoms with Gasteiger partial charge in [0.05, 0.1) is 5.92 Å². The van der Waals surface area contributed by atoms with Gasteiger partial charge in [-0.25, -0.2) is 0 Å². The fourth-order valence-electron chi connectivity index (χ4n) is 2.70. The van der Waals surface area contributed by atoms with Gasteiger partial charge in [-0.05, 0) is 37.8 Å². The minimum Gasteiger partial charge on any atom is -0.369 e. The number of hydrogen-bond acceptors (Lipinski definition) is 2. The van der Waals surface area contributed by atoms with Crippen LogP contribution in [0, 0.1) is 5.92 Å². The first-order chi connectivity index (χ1) is 9.99. The lowest BCUT2D eigenvalue weighted by atomic mass is 9.92. The summed E-state index contributed by atoms with van der Waals surface area (Å²) in [5.74, 6) is -0.589. The van der Waals surface area contributed by atoms with Crippen molar-refractivity contribution in [3.8, 4) is 0 Å². The summed E-state index contributed by atoms with van der Waals surface area (Å²) in [6, 6.07) is 9.94. The highest BCUT2D eigenvalue weighted by Crippen LogP contribution is 2.23. The van der Waals surface area contributed by atoms with Crippen molar-refractivity contribution < 1.29 is 9.59 Å². The predicted molar refractivity (Wildman–Crippen MR) is 83.2 cm³/mol. The molecule has 1 aromatic carbocycles. The number of rotatable bonds is 3. The van der Waals surface area contributed by atoms with Crippen LogP contribution in [0.2, 0.25) is 0 Å². The smallest absolute Gasteiger partial charge is 0.247 e. The standard InChI is InChI=1S/C17H22N2O2/c1-12(14-6-4-3-5-7-14)10-16(20)19-11-15(17(18)21)9-8-13(19)2/h3-7,10,13,15H,8-9,11H2,1-2H3,(H2,18,21)/b12-10+/t13-,15+/m0/s1. The fourth-order valence-corrected chi connectivity index (χ4v) is 2.70. The average molecular weight is 286 g/mol. The van der Waals surface area contributed by atoms with Gasteiger partial charge in [0.2, 0.25) is 11.8 Å². The van der Waals surface area contributed by atoms with E-state index in [1.54, 1.807) is 11.0 Å². The number of amides is 2. The van der Waals surface area contributed by atoms with Crippen LogP contribution in [0.5, 0.6) is 0 Å². The van der Waals surface area contributed by atoms with Gasteiger partial charge >= 0.3 is 0 Å². The Bertz CT molecular complexity index is 551. The summed E-state index contributed by atoms with van der Waals surface area (Å²) in [7, 11) is 0. The fraction of sp³-hybridized carbons (Fsp3) is 0.412. The molecule has 2 amide bonds. The Hall–Kier alpha value is -2.10. The molecule has 1 heterocycles. The lowest BCUT2D eigenvalue weighted by Gasteiger charge is -2.36. The number of piperidine rings is 1. The average Bonchev–Trinajstić information content (AvgIpc) is 2.48. The zero-order valence-corrected chi connectivity index (χ0v) is 12.6. The second kappa shape index (κ2) is 6.57. The Labute approximate surface area is 125 Å². The zero-order valence-electron chi connectivity index (χ0n) is 12.6. The molecule has 1 aromatic rings. The Morgan fingerprint density at radius 3 is 2.52 bits per heavy atom. The van der Waals surface area contributed by atoms with E-state index in [0.717, 1.165) is 24.0 Å². The summed E-state index contributed by atoms with van der Waals surface area (Å²) in [6.07, 6.45) is 3.23. The Morgan fingerprint density at radius 1 is 1.24 bits per heavy atom. The second-order valence-corrected chi connectivity index (χ2v) is 5.71. The Kier molecular flexibility index (Phi) is 4.78. The third-order valence-electron chi connectivity index (χ3n) is 4.14. The Morgan fingerprint density at radius 2 is 1.90 bits per heavy atom. The van der Waals surface area contributed by atoms with E-state index < -0.39 is 0 Å². The molecule has 0 aliphatic carbocycles. The van der Waals surface area contributed by atoms with Gasteiger partial charge in [0.15, 0.2) is 0 Å². The first kappa shape index (κ1) is 15.3. The molecule has 1 fully saturated rings. The van der Waals surface area contributed by atoms with E-state index in [1.165, 1.54) is 0 Å². The van der Waals surface area contributed by atoms with Crippen LogP contribution < -0.4 is 5.73 Å². The number of nitrogens with zero attached hydrogens (tertiary/aromatic N) is 1. The molecule has 0 bridgehead atoms. The van der Waals surface area contributed by atoms with Gasteiger partial charge in [0, 0.05) is 18.7 Å². The van der Waals surface area contributed by atoms with E-state index in [1.807, 2.05) is 44.2 Å². The van der Waals surface area contributed by atoms with Gasteiger partial charge in [-0.1, -0.05) is 30.3 Å². The summed E-state index contributed by atoms with van der Waals surface area (Å²) < 4.78 is 0. The van der Waals surface area contributed by atoms with Crippen LogP contribution in [0.1, 0.15) is 32.3 Å². The van der Waals surface area contributed by atoms with Crippen LogP contribution in [0.25, 0.3) is 5.57 Å². The van der Waals surface area contributed by atoms with Crippen LogP contribution in [-0.4, -0.2) is 29.3 Å². The summed E-state index contributed by atoms with van der Waals surface area (Å²) in [4.78, 5) is 25.6. The number of carbonyl (C=O) groups excluding carboxylic acids is 2. The topological polar surface area (TPSA) is 63.4 Å². The number of hydrogen-bond donors (Lipinski definition) is 1. The van der Waals surface area contributed by atoms with Gasteiger partial charge in [-0.2, -0.15) is 0 Å². The molecule has 0 unspecified atom stereocenters. The normalized spacial score (nSPS) is 23.0. The van der Waals surface area contributed by atoms with Gasteiger partial charge in [-0.15, -0.1) is 0 Å². The predicted octanol–water partition coefficient (Wildman–Crippen LogP) is 2.20. The van der Waals surface area contributed by atoms with Crippen LogP contribution in [0.3, 0.4) is 0 Å². The van der Waals surface area contributed by atoms with Crippen LogP contribution in [0.4, 0.5) is 0 Å². The molecule has 0 spiro atoms. The summed E-state index contributed by atoms with van der Waals surface area (Å²) in [6.45, 7) is 4.36. The van der Waals surface area contributed by atoms with Gasteiger partial charge in [0.25, 0.3) is 0 Å². The van der Waals surface area contributed by atoms with E-state index in [2.05, 4.69) is 0 Å². The molecule has 0 radical (unpaired) electrons. The van der Waals surface area contributed by atoms with Crippen molar-refractivity contribution in [2.75, 3.05) is 6.54 Å². The van der Waals surface area contributed by atoms with Crippen molar-refractivity contribution in [1.29, 1.82) is 0 Å². The van der Waals surface area contributed by atoms with Crippen molar-refractivity contribution in [3.05, 3.63) is 42.0 Å². The molecule has 2 rings (SSSR count). The van der Waals surface area contributed by atoms with E-state index in [9.17, 15) is 9.59 Å². The number of benzene rings is 1. The summed E-state index contributed by atoms with van der Waals surface area (Å²) in [5, 5.41) is 0. The molecule has 1 aliphatic heterocycles. The van der Waals surface area contributed by atoms with Gasteiger partial charge in [-0.3, -0.25) is 9.59 Å². The molecule has 0 saturated carbocycles. The Balaban J connectivity index is 2.13. The minimum absolute atomic E-state index is 0.0465. The maximum atomic E-state index is 12.5. The van der Waals surface area contributed by atoms with Crippen molar-refractivity contribution in [3.63, 3.8) is 0 Å². The molecule has 1 aliphatic rings. The maximum absolute atomic E-state index is 12.5. The third kappa shape index (κ3) is 3.72. The monoisotopic (exact) mass is 286 g/mol. The third-order valence-corrected chi connectivity index (χ3v) is 4.14. The van der Waals surface area contributed by atoms with E-state index in [0.29, 0.717) is 6.54 Å².